The summed E-state index contributed by atoms with van der Waals surface area (Å²) in [6.07, 6.45) is 8.56. The lowest BCUT2D eigenvalue weighted by atomic mass is 10.1. The van der Waals surface area contributed by atoms with Crippen molar-refractivity contribution in [3.63, 3.8) is 0 Å². The average Bonchev–Trinajstić information content (AvgIpc) is 3.35. The van der Waals surface area contributed by atoms with E-state index in [9.17, 15) is 9.59 Å². The summed E-state index contributed by atoms with van der Waals surface area (Å²) in [5.74, 6) is 1.75. The highest BCUT2D eigenvalue weighted by Crippen LogP contribution is 2.36. The van der Waals surface area contributed by atoms with Crippen LogP contribution in [0.5, 0.6) is 11.5 Å². The third-order valence-corrected chi connectivity index (χ3v) is 7.60. The SMILES string of the molecule is Nc1n[nH]c(=O)c2c1c(-c1ccc(Oc3ccccc3)cc1)cn2C1CCCN(C(=O)/C=C/CN2CCC2)C1. The molecule has 0 spiro atoms. The molecule has 2 fully saturated rings. The van der Waals surface area contributed by atoms with Crippen molar-refractivity contribution in [2.45, 2.75) is 25.3 Å². The van der Waals surface area contributed by atoms with Crippen LogP contribution in [0.3, 0.4) is 0 Å². The van der Waals surface area contributed by atoms with Crippen molar-refractivity contribution < 1.29 is 9.53 Å². The fourth-order valence-electron chi connectivity index (χ4n) is 5.42. The maximum Gasteiger partial charge on any atom is 0.288 e. The standard InChI is InChI=1S/C30H32N6O3/c31-29-27-25(21-11-13-24(14-12-21)39-23-8-2-1-3-9-23)20-36(28(27)30(38)33-32-29)22-7-4-18-35(19-22)26(37)10-5-15-34-16-6-17-34/h1-3,5,8-14,20,22H,4,6-7,15-19H2,(H2,31,32)(H,33,38)/b10-5+. The zero-order valence-corrected chi connectivity index (χ0v) is 21.8. The summed E-state index contributed by atoms with van der Waals surface area (Å²) in [6.45, 7) is 4.25. The Hall–Kier alpha value is -4.37. The summed E-state index contributed by atoms with van der Waals surface area (Å²) in [5.41, 5.74) is 8.22. The quantitative estimate of drug-likeness (QED) is 0.351. The Morgan fingerprint density at radius 2 is 1.82 bits per heavy atom. The summed E-state index contributed by atoms with van der Waals surface area (Å²) in [4.78, 5) is 30.2. The molecule has 9 heteroatoms. The lowest BCUT2D eigenvalue weighted by Crippen LogP contribution is -2.40. The molecule has 4 aromatic rings. The molecular formula is C30H32N6O3. The highest BCUT2D eigenvalue weighted by atomic mass is 16.5. The van der Waals surface area contributed by atoms with Gasteiger partial charge in [0.15, 0.2) is 5.82 Å². The van der Waals surface area contributed by atoms with E-state index < -0.39 is 0 Å². The molecule has 1 unspecified atom stereocenters. The second-order valence-electron chi connectivity index (χ2n) is 10.2. The molecule has 2 aliphatic rings. The second kappa shape index (κ2) is 10.8. The van der Waals surface area contributed by atoms with Crippen LogP contribution in [0.25, 0.3) is 22.0 Å². The van der Waals surface area contributed by atoms with Crippen molar-refractivity contribution in [2.24, 2.45) is 0 Å². The minimum Gasteiger partial charge on any atom is -0.457 e. The third-order valence-electron chi connectivity index (χ3n) is 7.60. The lowest BCUT2D eigenvalue weighted by molar-refractivity contribution is -0.127. The molecule has 9 nitrogen and oxygen atoms in total. The highest BCUT2D eigenvalue weighted by molar-refractivity contribution is 6.02. The van der Waals surface area contributed by atoms with Gasteiger partial charge in [-0.3, -0.25) is 14.5 Å². The van der Waals surface area contributed by atoms with Gasteiger partial charge in [-0.15, -0.1) is 0 Å². The van der Waals surface area contributed by atoms with Crippen LogP contribution in [0.1, 0.15) is 25.3 Å². The Balaban J connectivity index is 1.28. The molecule has 2 aromatic carbocycles. The van der Waals surface area contributed by atoms with Crippen molar-refractivity contribution in [3.8, 4) is 22.6 Å². The maximum absolute atomic E-state index is 13.0. The molecule has 0 bridgehead atoms. The van der Waals surface area contributed by atoms with Crippen LogP contribution in [0.4, 0.5) is 5.82 Å². The van der Waals surface area contributed by atoms with Gasteiger partial charge >= 0.3 is 0 Å². The number of hydrogen-bond donors (Lipinski definition) is 2. The Morgan fingerprint density at radius 3 is 2.56 bits per heavy atom. The van der Waals surface area contributed by atoms with Crippen molar-refractivity contribution in [1.29, 1.82) is 0 Å². The Kier molecular flexibility index (Phi) is 6.89. The van der Waals surface area contributed by atoms with E-state index in [0.717, 1.165) is 49.4 Å². The molecule has 2 saturated heterocycles. The van der Waals surface area contributed by atoms with Crippen molar-refractivity contribution in [3.05, 3.63) is 83.3 Å². The van der Waals surface area contributed by atoms with Gasteiger partial charge in [-0.2, -0.15) is 5.10 Å². The fraction of sp³-hybridized carbons (Fsp3) is 0.300. The van der Waals surface area contributed by atoms with Crippen LogP contribution in [0, 0.1) is 0 Å². The zero-order chi connectivity index (χ0) is 26.8. The molecule has 0 radical (unpaired) electrons. The van der Waals surface area contributed by atoms with Gasteiger partial charge in [0, 0.05) is 37.5 Å². The van der Waals surface area contributed by atoms with Crippen LogP contribution in [-0.4, -0.2) is 63.2 Å². The number of nitrogen functional groups attached to an aromatic ring is 1. The van der Waals surface area contributed by atoms with Gasteiger partial charge in [-0.25, -0.2) is 5.10 Å². The number of H-pyrrole nitrogens is 1. The Labute approximate surface area is 226 Å². The summed E-state index contributed by atoms with van der Waals surface area (Å²) < 4.78 is 7.93. The van der Waals surface area contributed by atoms with Crippen molar-refractivity contribution in [1.82, 2.24) is 24.6 Å². The van der Waals surface area contributed by atoms with Gasteiger partial charge in [-0.05, 0) is 62.2 Å². The molecule has 0 aliphatic carbocycles. The summed E-state index contributed by atoms with van der Waals surface area (Å²) >= 11 is 0. The zero-order valence-electron chi connectivity index (χ0n) is 21.8. The van der Waals surface area contributed by atoms with Gasteiger partial charge in [0.05, 0.1) is 11.4 Å². The largest absolute Gasteiger partial charge is 0.457 e. The van der Waals surface area contributed by atoms with Gasteiger partial charge < -0.3 is 19.9 Å². The molecule has 1 atom stereocenters. The summed E-state index contributed by atoms with van der Waals surface area (Å²) in [6, 6.07) is 17.3. The number of carbonyl (C=O) groups excluding carboxylic acids is 1. The molecule has 200 valence electrons. The van der Waals surface area contributed by atoms with Gasteiger partial charge in [0.25, 0.3) is 5.56 Å². The first-order chi connectivity index (χ1) is 19.1. The van der Waals surface area contributed by atoms with Gasteiger partial charge in [0.2, 0.25) is 5.91 Å². The molecule has 0 saturated carbocycles. The number of para-hydroxylation sites is 1. The van der Waals surface area contributed by atoms with Crippen LogP contribution < -0.4 is 16.0 Å². The van der Waals surface area contributed by atoms with Crippen molar-refractivity contribution in [2.75, 3.05) is 38.5 Å². The predicted octanol–water partition coefficient (Wildman–Crippen LogP) is 4.19. The van der Waals surface area contributed by atoms with E-state index in [-0.39, 0.29) is 23.3 Å². The Bertz CT molecular complexity index is 1550. The van der Waals surface area contributed by atoms with E-state index in [1.807, 2.05) is 76.3 Å². The van der Waals surface area contributed by atoms with Gasteiger partial charge in [-0.1, -0.05) is 36.4 Å². The molecule has 3 N–H and O–H groups in total. The Morgan fingerprint density at radius 1 is 1.05 bits per heavy atom. The third kappa shape index (κ3) is 5.18. The summed E-state index contributed by atoms with van der Waals surface area (Å²) in [7, 11) is 0. The highest BCUT2D eigenvalue weighted by Gasteiger charge is 2.27. The normalized spacial score (nSPS) is 17.9. The first-order valence-electron chi connectivity index (χ1n) is 13.5. The minimum atomic E-state index is -0.299. The first-order valence-corrected chi connectivity index (χ1v) is 13.5. The number of nitrogens with two attached hydrogens (primary N) is 1. The van der Waals surface area contributed by atoms with Crippen LogP contribution >= 0.6 is 0 Å². The summed E-state index contributed by atoms with van der Waals surface area (Å²) in [5, 5.41) is 7.21. The molecule has 1 amide bonds. The van der Waals surface area contributed by atoms with Crippen molar-refractivity contribution >= 4 is 22.6 Å². The minimum absolute atomic E-state index is 0.0148. The number of carbonyl (C=O) groups is 1. The molecular weight excluding hydrogens is 492 g/mol. The monoisotopic (exact) mass is 524 g/mol. The van der Waals surface area contributed by atoms with E-state index >= 15 is 0 Å². The number of piperidine rings is 1. The number of nitrogens with zero attached hydrogens (tertiary/aromatic N) is 4. The number of anilines is 1. The molecule has 2 aromatic heterocycles. The number of aromatic nitrogens is 3. The van der Waals surface area contributed by atoms with Crippen LogP contribution in [-0.2, 0) is 4.79 Å². The first kappa shape index (κ1) is 24.9. The number of ether oxygens (including phenoxy) is 1. The van der Waals surface area contributed by atoms with E-state index in [2.05, 4.69) is 15.1 Å². The van der Waals surface area contributed by atoms with E-state index in [4.69, 9.17) is 10.5 Å². The van der Waals surface area contributed by atoms with Gasteiger partial charge in [0.1, 0.15) is 17.0 Å². The maximum atomic E-state index is 13.0. The number of amides is 1. The number of likely N-dealkylation sites (tertiary alicyclic amines) is 2. The molecule has 4 heterocycles. The molecule has 6 rings (SSSR count). The number of nitrogens with one attached hydrogen (secondary N) is 1. The second-order valence-corrected chi connectivity index (χ2v) is 10.2. The average molecular weight is 525 g/mol. The number of aromatic amines is 1. The molecule has 39 heavy (non-hydrogen) atoms. The van der Waals surface area contributed by atoms with E-state index in [1.165, 1.54) is 6.42 Å². The van der Waals surface area contributed by atoms with E-state index in [1.54, 1.807) is 6.08 Å². The number of benzene rings is 2. The number of fused-ring (bicyclic) bond motifs is 1. The smallest absolute Gasteiger partial charge is 0.288 e. The van der Waals surface area contributed by atoms with Crippen LogP contribution in [0.2, 0.25) is 0 Å². The number of hydrogen-bond acceptors (Lipinski definition) is 6. The fourth-order valence-corrected chi connectivity index (χ4v) is 5.42. The number of rotatable bonds is 7. The van der Waals surface area contributed by atoms with Crippen LogP contribution in [0.15, 0.2) is 77.7 Å². The molecule has 2 aliphatic heterocycles. The topological polar surface area (TPSA) is 109 Å². The van der Waals surface area contributed by atoms with E-state index in [0.29, 0.717) is 29.7 Å². The lowest BCUT2D eigenvalue weighted by Gasteiger charge is -2.33. The predicted molar refractivity (Wildman–Crippen MR) is 152 cm³/mol.